The Hall–Kier alpha value is -0.730. The van der Waals surface area contributed by atoms with E-state index in [-0.39, 0.29) is 5.91 Å². The van der Waals surface area contributed by atoms with Crippen molar-refractivity contribution in [3.05, 3.63) is 0 Å². The summed E-state index contributed by atoms with van der Waals surface area (Å²) >= 11 is 0. The number of hydrogen-bond donors (Lipinski definition) is 6. The third-order valence-corrected chi connectivity index (χ3v) is 2.84. The number of carbonyl (C=O) groups excluding carboxylic acids is 1. The molecule has 0 aliphatic rings. The van der Waals surface area contributed by atoms with Gasteiger partial charge in [0.2, 0.25) is 5.91 Å². The number of nitrogens with one attached hydrogen (secondary N) is 6. The van der Waals surface area contributed by atoms with Gasteiger partial charge in [-0.2, -0.15) is 0 Å². The van der Waals surface area contributed by atoms with E-state index in [1.807, 2.05) is 0 Å². The first-order valence-corrected chi connectivity index (χ1v) is 8.05. The monoisotopic (exact) mass is 302 g/mol. The van der Waals surface area contributed by atoms with Crippen LogP contribution in [0, 0.1) is 0 Å². The number of carbonyl (C=O) groups is 1. The smallest absolute Gasteiger partial charge is 0.216 e. The summed E-state index contributed by atoms with van der Waals surface area (Å²) in [5.41, 5.74) is 0. The van der Waals surface area contributed by atoms with Gasteiger partial charge in [0.15, 0.2) is 0 Å². The Labute approximate surface area is 129 Å². The first-order chi connectivity index (χ1) is 10.3. The Morgan fingerprint density at radius 1 is 0.619 bits per heavy atom. The summed E-state index contributed by atoms with van der Waals surface area (Å²) in [7, 11) is 0. The standard InChI is InChI=1S/C14H34N6O/c1-3-15-4-5-16-6-7-17-8-9-18-10-11-19-12-13-20-14(2)21/h15-19H,3-13H2,1-2H3,(H,20,21). The van der Waals surface area contributed by atoms with E-state index in [0.29, 0.717) is 6.54 Å². The SMILES string of the molecule is CCNCCNCCNCCNCCNCCNC(C)=O. The molecule has 0 unspecified atom stereocenters. The minimum atomic E-state index is 0.0251. The number of hydrogen-bond acceptors (Lipinski definition) is 6. The van der Waals surface area contributed by atoms with Crippen LogP contribution in [0.15, 0.2) is 0 Å². The first-order valence-electron chi connectivity index (χ1n) is 8.05. The predicted octanol–water partition coefficient (Wildman–Crippen LogP) is -1.91. The van der Waals surface area contributed by atoms with E-state index in [2.05, 4.69) is 38.8 Å². The van der Waals surface area contributed by atoms with Gasteiger partial charge in [-0.05, 0) is 6.54 Å². The molecule has 0 fully saturated rings. The molecular weight excluding hydrogens is 268 g/mol. The summed E-state index contributed by atoms with van der Waals surface area (Å²) in [5.74, 6) is 0.0251. The lowest BCUT2D eigenvalue weighted by atomic mass is 10.5. The molecule has 0 rings (SSSR count). The maximum atomic E-state index is 10.6. The van der Waals surface area contributed by atoms with Crippen molar-refractivity contribution in [1.29, 1.82) is 0 Å². The summed E-state index contributed by atoms with van der Waals surface area (Å²) < 4.78 is 0. The molecule has 0 saturated heterocycles. The Balaban J connectivity index is 2.95. The lowest BCUT2D eigenvalue weighted by molar-refractivity contribution is -0.118. The Morgan fingerprint density at radius 2 is 0.952 bits per heavy atom. The summed E-state index contributed by atoms with van der Waals surface area (Å²) in [6.45, 7) is 14.1. The fourth-order valence-corrected chi connectivity index (χ4v) is 1.71. The molecule has 7 nitrogen and oxygen atoms in total. The molecular formula is C14H34N6O. The van der Waals surface area contributed by atoms with Crippen LogP contribution in [0.2, 0.25) is 0 Å². The normalized spacial score (nSPS) is 10.8. The molecule has 21 heavy (non-hydrogen) atoms. The first kappa shape index (κ1) is 20.3. The van der Waals surface area contributed by atoms with Crippen LogP contribution in [-0.2, 0) is 4.79 Å². The molecule has 0 aliphatic heterocycles. The summed E-state index contributed by atoms with van der Waals surface area (Å²) in [4.78, 5) is 10.6. The zero-order valence-electron chi connectivity index (χ0n) is 13.7. The third-order valence-electron chi connectivity index (χ3n) is 2.84. The molecule has 0 bridgehead atoms. The van der Waals surface area contributed by atoms with E-state index >= 15 is 0 Å². The second-order valence-electron chi connectivity index (χ2n) is 4.84. The Morgan fingerprint density at radius 3 is 1.29 bits per heavy atom. The minimum Gasteiger partial charge on any atom is -0.355 e. The summed E-state index contributed by atoms with van der Waals surface area (Å²) in [5, 5.41) is 19.4. The molecule has 0 saturated carbocycles. The van der Waals surface area contributed by atoms with Gasteiger partial charge >= 0.3 is 0 Å². The van der Waals surface area contributed by atoms with Crippen molar-refractivity contribution in [2.75, 3.05) is 72.0 Å². The van der Waals surface area contributed by atoms with E-state index in [9.17, 15) is 4.79 Å². The molecule has 0 spiro atoms. The van der Waals surface area contributed by atoms with Gasteiger partial charge in [0.25, 0.3) is 0 Å². The molecule has 0 aromatic rings. The molecule has 126 valence electrons. The van der Waals surface area contributed by atoms with E-state index in [1.165, 1.54) is 6.92 Å². The van der Waals surface area contributed by atoms with Gasteiger partial charge in [-0.1, -0.05) is 6.92 Å². The van der Waals surface area contributed by atoms with Gasteiger partial charge in [0, 0.05) is 72.4 Å². The maximum absolute atomic E-state index is 10.6. The van der Waals surface area contributed by atoms with Crippen molar-refractivity contribution in [3.63, 3.8) is 0 Å². The lowest BCUT2D eigenvalue weighted by Crippen LogP contribution is -2.37. The van der Waals surface area contributed by atoms with Crippen LogP contribution in [0.4, 0.5) is 0 Å². The van der Waals surface area contributed by atoms with Crippen LogP contribution >= 0.6 is 0 Å². The Bertz CT molecular complexity index is 228. The fraction of sp³-hybridized carbons (Fsp3) is 0.929. The summed E-state index contributed by atoms with van der Waals surface area (Å²) in [6.07, 6.45) is 0. The van der Waals surface area contributed by atoms with Crippen LogP contribution in [0.5, 0.6) is 0 Å². The van der Waals surface area contributed by atoms with Gasteiger partial charge < -0.3 is 31.9 Å². The number of rotatable bonds is 16. The lowest BCUT2D eigenvalue weighted by Gasteiger charge is -2.09. The largest absolute Gasteiger partial charge is 0.355 e. The zero-order valence-corrected chi connectivity index (χ0v) is 13.7. The fourth-order valence-electron chi connectivity index (χ4n) is 1.71. The quantitative estimate of drug-likeness (QED) is 0.187. The van der Waals surface area contributed by atoms with E-state index in [4.69, 9.17) is 0 Å². The van der Waals surface area contributed by atoms with Crippen LogP contribution < -0.4 is 31.9 Å². The molecule has 0 aliphatic carbocycles. The van der Waals surface area contributed by atoms with Gasteiger partial charge in [-0.25, -0.2) is 0 Å². The highest BCUT2D eigenvalue weighted by molar-refractivity contribution is 5.72. The van der Waals surface area contributed by atoms with Crippen molar-refractivity contribution < 1.29 is 4.79 Å². The molecule has 7 heteroatoms. The average molecular weight is 302 g/mol. The van der Waals surface area contributed by atoms with Gasteiger partial charge in [-0.15, -0.1) is 0 Å². The Kier molecular flexibility index (Phi) is 16.7. The van der Waals surface area contributed by atoms with Crippen molar-refractivity contribution in [1.82, 2.24) is 31.9 Å². The topological polar surface area (TPSA) is 89.2 Å². The highest BCUT2D eigenvalue weighted by Gasteiger charge is 1.91. The number of likely N-dealkylation sites (N-methyl/N-ethyl adjacent to an activating group) is 1. The number of amides is 1. The maximum Gasteiger partial charge on any atom is 0.216 e. The molecule has 1 amide bonds. The predicted molar refractivity (Wildman–Crippen MR) is 88.7 cm³/mol. The van der Waals surface area contributed by atoms with E-state index in [1.54, 1.807) is 0 Å². The second kappa shape index (κ2) is 17.3. The van der Waals surface area contributed by atoms with E-state index < -0.39 is 0 Å². The highest BCUT2D eigenvalue weighted by Crippen LogP contribution is 1.65. The third kappa shape index (κ3) is 19.3. The molecule has 0 radical (unpaired) electrons. The van der Waals surface area contributed by atoms with Crippen molar-refractivity contribution in [2.45, 2.75) is 13.8 Å². The second-order valence-corrected chi connectivity index (χ2v) is 4.84. The van der Waals surface area contributed by atoms with E-state index in [0.717, 1.165) is 65.4 Å². The molecule has 0 heterocycles. The van der Waals surface area contributed by atoms with Crippen molar-refractivity contribution >= 4 is 5.91 Å². The van der Waals surface area contributed by atoms with Crippen molar-refractivity contribution in [3.8, 4) is 0 Å². The van der Waals surface area contributed by atoms with Crippen LogP contribution in [0.3, 0.4) is 0 Å². The van der Waals surface area contributed by atoms with Crippen LogP contribution in [0.1, 0.15) is 13.8 Å². The van der Waals surface area contributed by atoms with Crippen LogP contribution in [0.25, 0.3) is 0 Å². The molecule has 0 aromatic carbocycles. The van der Waals surface area contributed by atoms with Crippen LogP contribution in [-0.4, -0.2) is 77.9 Å². The summed E-state index contributed by atoms with van der Waals surface area (Å²) in [6, 6.07) is 0. The highest BCUT2D eigenvalue weighted by atomic mass is 16.1. The minimum absolute atomic E-state index is 0.0251. The molecule has 6 N–H and O–H groups in total. The van der Waals surface area contributed by atoms with Gasteiger partial charge in [-0.3, -0.25) is 4.79 Å². The molecule has 0 atom stereocenters. The molecule has 0 aromatic heterocycles. The zero-order chi connectivity index (χ0) is 15.6. The van der Waals surface area contributed by atoms with Gasteiger partial charge in [0.1, 0.15) is 0 Å². The van der Waals surface area contributed by atoms with Gasteiger partial charge in [0.05, 0.1) is 0 Å². The average Bonchev–Trinajstić information content (AvgIpc) is 2.46. The van der Waals surface area contributed by atoms with Crippen molar-refractivity contribution in [2.24, 2.45) is 0 Å².